The SMILES string of the molecule is COc1cc(N2CCC(C)CC2)nc(NC(=S)NCC(C)C)n1. The van der Waals surface area contributed by atoms with Crippen LogP contribution >= 0.6 is 12.2 Å². The molecule has 0 bridgehead atoms. The van der Waals surface area contributed by atoms with Crippen LogP contribution in [0, 0.1) is 11.8 Å². The molecule has 1 aromatic heterocycles. The molecule has 0 unspecified atom stereocenters. The molecule has 0 saturated carbocycles. The first-order valence-corrected chi connectivity index (χ1v) is 8.61. The number of nitrogens with zero attached hydrogens (tertiary/aromatic N) is 3. The number of thiocarbonyl (C=S) groups is 1. The second-order valence-electron chi connectivity index (χ2n) is 6.49. The molecule has 128 valence electrons. The third kappa shape index (κ3) is 5.49. The summed E-state index contributed by atoms with van der Waals surface area (Å²) in [5.74, 6) is 3.20. The summed E-state index contributed by atoms with van der Waals surface area (Å²) in [7, 11) is 1.61. The Morgan fingerprint density at radius 1 is 1.39 bits per heavy atom. The molecule has 2 N–H and O–H groups in total. The van der Waals surface area contributed by atoms with E-state index in [2.05, 4.69) is 46.3 Å². The first-order valence-electron chi connectivity index (χ1n) is 8.20. The van der Waals surface area contributed by atoms with Crippen LogP contribution in [0.1, 0.15) is 33.6 Å². The average Bonchev–Trinajstić information content (AvgIpc) is 2.53. The van der Waals surface area contributed by atoms with Crippen molar-refractivity contribution in [2.45, 2.75) is 33.6 Å². The highest BCUT2D eigenvalue weighted by Crippen LogP contribution is 2.24. The van der Waals surface area contributed by atoms with E-state index in [-0.39, 0.29) is 0 Å². The van der Waals surface area contributed by atoms with E-state index >= 15 is 0 Å². The third-order valence-corrected chi connectivity index (χ3v) is 4.15. The van der Waals surface area contributed by atoms with Gasteiger partial charge in [-0.2, -0.15) is 9.97 Å². The summed E-state index contributed by atoms with van der Waals surface area (Å²) in [5.41, 5.74) is 0. The van der Waals surface area contributed by atoms with Crippen molar-refractivity contribution in [3.05, 3.63) is 6.07 Å². The Morgan fingerprint density at radius 2 is 2.09 bits per heavy atom. The van der Waals surface area contributed by atoms with Crippen molar-refractivity contribution in [2.75, 3.05) is 37.0 Å². The largest absolute Gasteiger partial charge is 0.481 e. The lowest BCUT2D eigenvalue weighted by atomic mass is 9.99. The highest BCUT2D eigenvalue weighted by atomic mass is 32.1. The van der Waals surface area contributed by atoms with Crippen molar-refractivity contribution in [3.63, 3.8) is 0 Å². The molecular weight excluding hydrogens is 310 g/mol. The van der Waals surface area contributed by atoms with Gasteiger partial charge in [0.15, 0.2) is 5.11 Å². The molecule has 2 rings (SSSR count). The van der Waals surface area contributed by atoms with Crippen LogP contribution in [0.5, 0.6) is 5.88 Å². The van der Waals surface area contributed by atoms with Gasteiger partial charge in [-0.25, -0.2) is 0 Å². The normalized spacial score (nSPS) is 15.6. The van der Waals surface area contributed by atoms with E-state index in [9.17, 15) is 0 Å². The summed E-state index contributed by atoms with van der Waals surface area (Å²) in [6, 6.07) is 1.88. The summed E-state index contributed by atoms with van der Waals surface area (Å²) in [5, 5.41) is 6.74. The molecule has 23 heavy (non-hydrogen) atoms. The molecule has 1 aliphatic rings. The van der Waals surface area contributed by atoms with Crippen molar-refractivity contribution in [1.82, 2.24) is 15.3 Å². The lowest BCUT2D eigenvalue weighted by molar-refractivity contribution is 0.396. The number of ether oxygens (including phenoxy) is 1. The summed E-state index contributed by atoms with van der Waals surface area (Å²) in [4.78, 5) is 11.2. The van der Waals surface area contributed by atoms with Gasteiger partial charge in [0, 0.05) is 25.7 Å². The van der Waals surface area contributed by atoms with Gasteiger partial charge in [-0.05, 0) is 36.9 Å². The number of rotatable bonds is 5. The fourth-order valence-corrected chi connectivity index (χ4v) is 2.59. The smallest absolute Gasteiger partial charge is 0.234 e. The lowest BCUT2D eigenvalue weighted by Gasteiger charge is -2.31. The molecule has 1 fully saturated rings. The predicted octanol–water partition coefficient (Wildman–Crippen LogP) is 2.66. The van der Waals surface area contributed by atoms with E-state index < -0.39 is 0 Å². The summed E-state index contributed by atoms with van der Waals surface area (Å²) >= 11 is 5.29. The zero-order valence-electron chi connectivity index (χ0n) is 14.4. The molecule has 7 heteroatoms. The Hall–Kier alpha value is -1.63. The van der Waals surface area contributed by atoms with Crippen LogP contribution in [0.25, 0.3) is 0 Å². The first-order chi connectivity index (χ1) is 11.0. The fourth-order valence-electron chi connectivity index (χ4n) is 2.42. The molecule has 0 amide bonds. The monoisotopic (exact) mass is 337 g/mol. The number of hydrogen-bond donors (Lipinski definition) is 2. The van der Waals surface area contributed by atoms with E-state index in [0.29, 0.717) is 22.9 Å². The minimum Gasteiger partial charge on any atom is -0.481 e. The number of nitrogens with one attached hydrogen (secondary N) is 2. The third-order valence-electron chi connectivity index (χ3n) is 3.90. The molecule has 0 spiro atoms. The summed E-state index contributed by atoms with van der Waals surface area (Å²) in [6.07, 6.45) is 2.37. The Kier molecular flexibility index (Phi) is 6.38. The molecule has 1 aromatic rings. The van der Waals surface area contributed by atoms with Gasteiger partial charge in [-0.1, -0.05) is 20.8 Å². The van der Waals surface area contributed by atoms with Gasteiger partial charge >= 0.3 is 0 Å². The van der Waals surface area contributed by atoms with Crippen LogP contribution in [0.4, 0.5) is 11.8 Å². The van der Waals surface area contributed by atoms with Crippen molar-refractivity contribution in [1.29, 1.82) is 0 Å². The van der Waals surface area contributed by atoms with Gasteiger partial charge in [0.2, 0.25) is 11.8 Å². The van der Waals surface area contributed by atoms with E-state index in [1.807, 2.05) is 6.07 Å². The maximum Gasteiger partial charge on any atom is 0.234 e. The topological polar surface area (TPSA) is 62.3 Å². The van der Waals surface area contributed by atoms with E-state index in [0.717, 1.165) is 31.4 Å². The van der Waals surface area contributed by atoms with Crippen LogP contribution in [0.3, 0.4) is 0 Å². The standard InChI is InChI=1S/C16H27N5OS/c1-11(2)10-17-16(23)20-15-18-13(9-14(19-15)22-4)21-7-5-12(3)6-8-21/h9,11-12H,5-8,10H2,1-4H3,(H2,17,18,19,20,23). The number of piperidine rings is 1. The molecule has 1 aliphatic heterocycles. The van der Waals surface area contributed by atoms with E-state index in [4.69, 9.17) is 17.0 Å². The maximum absolute atomic E-state index is 5.31. The molecule has 0 aliphatic carbocycles. The maximum atomic E-state index is 5.31. The van der Waals surface area contributed by atoms with Gasteiger partial charge in [-0.15, -0.1) is 0 Å². The number of hydrogen-bond acceptors (Lipinski definition) is 5. The number of anilines is 2. The molecule has 1 saturated heterocycles. The Morgan fingerprint density at radius 3 is 2.70 bits per heavy atom. The summed E-state index contributed by atoms with van der Waals surface area (Å²) in [6.45, 7) is 9.39. The first kappa shape index (κ1) is 17.7. The van der Waals surface area contributed by atoms with Crippen LogP contribution in [-0.2, 0) is 0 Å². The van der Waals surface area contributed by atoms with Gasteiger partial charge in [0.25, 0.3) is 0 Å². The van der Waals surface area contributed by atoms with Crippen LogP contribution in [0.2, 0.25) is 0 Å². The van der Waals surface area contributed by atoms with Crippen molar-refractivity contribution >= 4 is 29.1 Å². The number of methoxy groups -OCH3 is 1. The van der Waals surface area contributed by atoms with Gasteiger partial charge < -0.3 is 20.3 Å². The van der Waals surface area contributed by atoms with Crippen LogP contribution in [-0.4, -0.2) is 41.8 Å². The summed E-state index contributed by atoms with van der Waals surface area (Å²) < 4.78 is 5.31. The second kappa shape index (κ2) is 8.29. The van der Waals surface area contributed by atoms with Gasteiger partial charge in [0.05, 0.1) is 7.11 Å². The molecule has 6 nitrogen and oxygen atoms in total. The molecule has 0 atom stereocenters. The number of aromatic nitrogens is 2. The molecule has 2 heterocycles. The van der Waals surface area contributed by atoms with Crippen LogP contribution < -0.4 is 20.3 Å². The predicted molar refractivity (Wildman–Crippen MR) is 98.3 cm³/mol. The zero-order valence-corrected chi connectivity index (χ0v) is 15.2. The van der Waals surface area contributed by atoms with E-state index in [1.165, 1.54) is 12.8 Å². The highest BCUT2D eigenvalue weighted by molar-refractivity contribution is 7.80. The molecule has 0 aromatic carbocycles. The van der Waals surface area contributed by atoms with Crippen molar-refractivity contribution in [3.8, 4) is 5.88 Å². The Labute approximate surface area is 144 Å². The Balaban J connectivity index is 2.07. The molecule has 0 radical (unpaired) electrons. The van der Waals surface area contributed by atoms with Crippen LogP contribution in [0.15, 0.2) is 6.07 Å². The van der Waals surface area contributed by atoms with Gasteiger partial charge in [-0.3, -0.25) is 0 Å². The lowest BCUT2D eigenvalue weighted by Crippen LogP contribution is -2.34. The minimum atomic E-state index is 0.472. The van der Waals surface area contributed by atoms with Gasteiger partial charge in [0.1, 0.15) is 5.82 Å². The molecular formula is C16H27N5OS. The second-order valence-corrected chi connectivity index (χ2v) is 6.90. The van der Waals surface area contributed by atoms with E-state index in [1.54, 1.807) is 7.11 Å². The Bertz CT molecular complexity index is 529. The average molecular weight is 337 g/mol. The fraction of sp³-hybridized carbons (Fsp3) is 0.688. The highest BCUT2D eigenvalue weighted by Gasteiger charge is 2.19. The van der Waals surface area contributed by atoms with Crippen molar-refractivity contribution < 1.29 is 4.74 Å². The quantitative estimate of drug-likeness (QED) is 0.801. The zero-order chi connectivity index (χ0) is 16.8. The minimum absolute atomic E-state index is 0.472. The van der Waals surface area contributed by atoms with Crippen molar-refractivity contribution in [2.24, 2.45) is 11.8 Å².